The lowest BCUT2D eigenvalue weighted by Crippen LogP contribution is -2.47. The van der Waals surface area contributed by atoms with Gasteiger partial charge in [0.2, 0.25) is 11.8 Å². The standard InChI is InChI=1S/C12H26N4O9S2/c13-9(11(17)15-3-1-5-26(19,20)21)7-25-8-10(14)12(18)16-4-2-6-27(22,23)24/h9-10H,1-8,13-14H2,(H,15,17)(H,16,18)(H,19,20,21)(H,22,23,24). The smallest absolute Gasteiger partial charge is 0.264 e. The molecule has 0 bridgehead atoms. The van der Waals surface area contributed by atoms with Crippen molar-refractivity contribution in [2.75, 3.05) is 37.8 Å². The van der Waals surface area contributed by atoms with Crippen LogP contribution in [0.15, 0.2) is 0 Å². The number of carbonyl (C=O) groups is 2. The second-order valence-corrected chi connectivity index (χ2v) is 8.76. The fourth-order valence-corrected chi connectivity index (χ4v) is 2.69. The van der Waals surface area contributed by atoms with Crippen LogP contribution in [0.25, 0.3) is 0 Å². The summed E-state index contributed by atoms with van der Waals surface area (Å²) in [6.07, 6.45) is 0.0293. The molecule has 0 heterocycles. The van der Waals surface area contributed by atoms with Gasteiger partial charge >= 0.3 is 0 Å². The summed E-state index contributed by atoms with van der Waals surface area (Å²) in [6, 6.07) is -2.14. The van der Waals surface area contributed by atoms with Gasteiger partial charge in [-0.1, -0.05) is 0 Å². The molecule has 0 radical (unpaired) electrons. The highest BCUT2D eigenvalue weighted by Crippen LogP contribution is 1.91. The van der Waals surface area contributed by atoms with E-state index in [-0.39, 0.29) is 39.1 Å². The Labute approximate surface area is 157 Å². The Hall–Kier alpha value is -1.36. The molecule has 13 nitrogen and oxygen atoms in total. The Kier molecular flexibility index (Phi) is 11.6. The maximum atomic E-state index is 11.6. The largest absolute Gasteiger partial charge is 0.377 e. The average molecular weight is 434 g/mol. The van der Waals surface area contributed by atoms with E-state index in [1.807, 2.05) is 0 Å². The molecule has 0 aliphatic heterocycles. The molecule has 160 valence electrons. The lowest BCUT2D eigenvalue weighted by molar-refractivity contribution is -0.124. The zero-order valence-electron chi connectivity index (χ0n) is 14.5. The molecule has 2 unspecified atom stereocenters. The van der Waals surface area contributed by atoms with Gasteiger partial charge in [-0.05, 0) is 12.8 Å². The number of carbonyl (C=O) groups excluding carboxylic acids is 2. The van der Waals surface area contributed by atoms with E-state index >= 15 is 0 Å². The van der Waals surface area contributed by atoms with Crippen LogP contribution in [0.4, 0.5) is 0 Å². The van der Waals surface area contributed by atoms with Gasteiger partial charge in [0.05, 0.1) is 24.7 Å². The zero-order valence-corrected chi connectivity index (χ0v) is 16.2. The minimum Gasteiger partial charge on any atom is -0.377 e. The van der Waals surface area contributed by atoms with Crippen LogP contribution in [-0.4, -0.2) is 87.6 Å². The second kappa shape index (κ2) is 12.2. The van der Waals surface area contributed by atoms with Gasteiger partial charge in [0.1, 0.15) is 12.1 Å². The van der Waals surface area contributed by atoms with Crippen LogP contribution < -0.4 is 22.1 Å². The first-order chi connectivity index (χ1) is 12.3. The Bertz CT molecular complexity index is 623. The molecule has 27 heavy (non-hydrogen) atoms. The molecule has 0 saturated heterocycles. The monoisotopic (exact) mass is 434 g/mol. The van der Waals surface area contributed by atoms with Crippen molar-refractivity contribution in [1.29, 1.82) is 0 Å². The molecule has 0 aliphatic carbocycles. The van der Waals surface area contributed by atoms with Crippen LogP contribution >= 0.6 is 0 Å². The van der Waals surface area contributed by atoms with Crippen LogP contribution in [0.2, 0.25) is 0 Å². The van der Waals surface area contributed by atoms with Gasteiger partial charge < -0.3 is 26.8 Å². The quantitative estimate of drug-likeness (QED) is 0.116. The summed E-state index contributed by atoms with van der Waals surface area (Å²) in [7, 11) is -8.18. The van der Waals surface area contributed by atoms with E-state index in [4.69, 9.17) is 25.3 Å². The fourth-order valence-electron chi connectivity index (χ4n) is 1.67. The number of nitrogens with one attached hydrogen (secondary N) is 2. The normalized spacial score (nSPS) is 14.4. The predicted molar refractivity (Wildman–Crippen MR) is 94.9 cm³/mol. The summed E-state index contributed by atoms with van der Waals surface area (Å²) in [5, 5.41) is 4.73. The first-order valence-electron chi connectivity index (χ1n) is 7.86. The molecule has 0 fully saturated rings. The highest BCUT2D eigenvalue weighted by atomic mass is 32.2. The molecular weight excluding hydrogens is 408 g/mol. The summed E-state index contributed by atoms with van der Waals surface area (Å²) in [6.45, 7) is -0.489. The summed E-state index contributed by atoms with van der Waals surface area (Å²) in [4.78, 5) is 23.2. The second-order valence-electron chi connectivity index (χ2n) is 5.61. The topological polar surface area (TPSA) is 228 Å². The number of hydrogen-bond acceptors (Lipinski definition) is 9. The molecule has 15 heteroatoms. The van der Waals surface area contributed by atoms with E-state index in [2.05, 4.69) is 10.6 Å². The van der Waals surface area contributed by atoms with Crippen molar-refractivity contribution in [2.45, 2.75) is 24.9 Å². The maximum Gasteiger partial charge on any atom is 0.264 e. The first kappa shape index (κ1) is 25.6. The van der Waals surface area contributed by atoms with Crippen molar-refractivity contribution in [3.63, 3.8) is 0 Å². The van der Waals surface area contributed by atoms with Gasteiger partial charge in [-0.25, -0.2) is 0 Å². The number of amides is 2. The molecule has 0 aliphatic rings. The molecule has 0 aromatic rings. The molecule has 0 spiro atoms. The number of ether oxygens (including phenoxy) is 1. The first-order valence-corrected chi connectivity index (χ1v) is 11.1. The Balaban J connectivity index is 3.92. The van der Waals surface area contributed by atoms with E-state index in [0.717, 1.165) is 0 Å². The van der Waals surface area contributed by atoms with Crippen LogP contribution in [0.1, 0.15) is 12.8 Å². The van der Waals surface area contributed by atoms with Gasteiger partial charge in [-0.3, -0.25) is 18.7 Å². The van der Waals surface area contributed by atoms with E-state index < -0.39 is 55.6 Å². The average Bonchev–Trinajstić information content (AvgIpc) is 2.53. The third kappa shape index (κ3) is 15.4. The predicted octanol–water partition coefficient (Wildman–Crippen LogP) is -3.55. The van der Waals surface area contributed by atoms with Crippen LogP contribution in [0.5, 0.6) is 0 Å². The highest BCUT2D eigenvalue weighted by molar-refractivity contribution is 7.86. The van der Waals surface area contributed by atoms with Crippen LogP contribution in [0.3, 0.4) is 0 Å². The van der Waals surface area contributed by atoms with Gasteiger partial charge in [0.15, 0.2) is 0 Å². The third-order valence-electron chi connectivity index (χ3n) is 3.02. The van der Waals surface area contributed by atoms with Crippen molar-refractivity contribution >= 4 is 32.1 Å². The van der Waals surface area contributed by atoms with Crippen molar-refractivity contribution in [3.05, 3.63) is 0 Å². The summed E-state index contributed by atoms with van der Waals surface area (Å²) < 4.78 is 64.2. The lowest BCUT2D eigenvalue weighted by atomic mass is 10.3. The van der Waals surface area contributed by atoms with E-state index in [1.165, 1.54) is 0 Å². The Morgan fingerprint density at radius 3 is 1.44 bits per heavy atom. The lowest BCUT2D eigenvalue weighted by Gasteiger charge is -2.15. The molecule has 0 saturated carbocycles. The molecule has 0 aromatic heterocycles. The number of nitrogens with two attached hydrogens (primary N) is 2. The Morgan fingerprint density at radius 1 is 0.815 bits per heavy atom. The molecule has 0 rings (SSSR count). The number of hydrogen-bond donors (Lipinski definition) is 6. The SMILES string of the molecule is NC(COCC(N)C(=O)NCCCS(=O)(=O)O)C(=O)NCCCS(=O)(=O)O. The maximum absolute atomic E-state index is 11.6. The molecule has 0 aromatic carbocycles. The van der Waals surface area contributed by atoms with Gasteiger partial charge in [-0.2, -0.15) is 16.8 Å². The minimum atomic E-state index is -4.09. The van der Waals surface area contributed by atoms with E-state index in [9.17, 15) is 26.4 Å². The third-order valence-corrected chi connectivity index (χ3v) is 4.63. The zero-order chi connectivity index (χ0) is 21.1. The van der Waals surface area contributed by atoms with Gasteiger partial charge in [0, 0.05) is 13.1 Å². The van der Waals surface area contributed by atoms with Gasteiger partial charge in [-0.15, -0.1) is 0 Å². The molecular formula is C12H26N4O9S2. The van der Waals surface area contributed by atoms with Gasteiger partial charge in [0.25, 0.3) is 20.2 Å². The molecule has 2 amide bonds. The van der Waals surface area contributed by atoms with Crippen molar-refractivity contribution in [1.82, 2.24) is 10.6 Å². The van der Waals surface area contributed by atoms with Crippen molar-refractivity contribution in [2.24, 2.45) is 11.5 Å². The van der Waals surface area contributed by atoms with E-state index in [1.54, 1.807) is 0 Å². The summed E-state index contributed by atoms with van der Waals surface area (Å²) in [5.41, 5.74) is 11.1. The highest BCUT2D eigenvalue weighted by Gasteiger charge is 2.17. The summed E-state index contributed by atoms with van der Waals surface area (Å²) >= 11 is 0. The van der Waals surface area contributed by atoms with Crippen LogP contribution in [0, 0.1) is 0 Å². The van der Waals surface area contributed by atoms with E-state index in [0.29, 0.717) is 0 Å². The van der Waals surface area contributed by atoms with Crippen molar-refractivity contribution in [3.8, 4) is 0 Å². The summed E-state index contributed by atoms with van der Waals surface area (Å²) in [5.74, 6) is -2.19. The Morgan fingerprint density at radius 2 is 1.15 bits per heavy atom. The molecule has 2 atom stereocenters. The van der Waals surface area contributed by atoms with Crippen LogP contribution in [-0.2, 0) is 34.6 Å². The number of rotatable bonds is 14. The fraction of sp³-hybridized carbons (Fsp3) is 0.833. The minimum absolute atomic E-state index is 0.00218. The van der Waals surface area contributed by atoms with Crippen molar-refractivity contribution < 1.29 is 40.3 Å². The molecule has 8 N–H and O–H groups in total.